The molecule has 0 bridgehead atoms. The van der Waals surface area contributed by atoms with Gasteiger partial charge in [-0.1, -0.05) is 18.2 Å². The summed E-state index contributed by atoms with van der Waals surface area (Å²) in [5, 5.41) is 2.05. The van der Waals surface area contributed by atoms with Crippen LogP contribution in [0.2, 0.25) is 0 Å². The summed E-state index contributed by atoms with van der Waals surface area (Å²) >= 11 is 5.23. The van der Waals surface area contributed by atoms with Gasteiger partial charge in [0.1, 0.15) is 0 Å². The van der Waals surface area contributed by atoms with Gasteiger partial charge in [-0.2, -0.15) is 0 Å². The van der Waals surface area contributed by atoms with Crippen LogP contribution in [-0.2, 0) is 17.8 Å². The minimum atomic E-state index is 0.227. The topological polar surface area (TPSA) is 20.3 Å². The lowest BCUT2D eigenvalue weighted by molar-refractivity contribution is -0.118. The van der Waals surface area contributed by atoms with Crippen LogP contribution in [0.3, 0.4) is 0 Å². The highest BCUT2D eigenvalue weighted by atomic mass is 79.9. The van der Waals surface area contributed by atoms with Gasteiger partial charge in [-0.15, -0.1) is 11.3 Å². The van der Waals surface area contributed by atoms with Crippen LogP contribution in [0.25, 0.3) is 0 Å². The molecule has 1 aliphatic heterocycles. The fraction of sp³-hybridized carbons (Fsp3) is 0.267. The van der Waals surface area contributed by atoms with E-state index in [1.807, 2.05) is 28.5 Å². The summed E-state index contributed by atoms with van der Waals surface area (Å²) in [6.45, 7) is 0.661. The summed E-state index contributed by atoms with van der Waals surface area (Å²) in [5.74, 6) is 0.227. The van der Waals surface area contributed by atoms with Crippen molar-refractivity contribution in [1.82, 2.24) is 0 Å². The summed E-state index contributed by atoms with van der Waals surface area (Å²) < 4.78 is 1.09. The molecule has 0 radical (unpaired) electrons. The lowest BCUT2D eigenvalue weighted by Gasteiger charge is -2.22. The van der Waals surface area contributed by atoms with Crippen LogP contribution >= 0.6 is 27.3 Å². The second kappa shape index (κ2) is 5.47. The number of aryl methyl sites for hydroxylation is 1. The Kier molecular flexibility index (Phi) is 3.71. The van der Waals surface area contributed by atoms with Gasteiger partial charge >= 0.3 is 0 Å². The number of benzene rings is 1. The average molecular weight is 336 g/mol. The van der Waals surface area contributed by atoms with Gasteiger partial charge in [0.05, 0.1) is 6.54 Å². The number of hydrogen-bond donors (Lipinski definition) is 0. The minimum absolute atomic E-state index is 0.227. The number of thiophene rings is 1. The third-order valence-corrected chi connectivity index (χ3v) is 5.32. The predicted octanol–water partition coefficient (Wildman–Crippen LogP) is 4.38. The number of anilines is 1. The molecule has 0 saturated carbocycles. The fourth-order valence-corrected chi connectivity index (χ4v) is 3.91. The van der Waals surface area contributed by atoms with Crippen LogP contribution in [0.15, 0.2) is 40.2 Å². The molecule has 0 N–H and O–H groups in total. The number of halogens is 1. The van der Waals surface area contributed by atoms with Crippen LogP contribution in [0.4, 0.5) is 5.69 Å². The zero-order valence-corrected chi connectivity index (χ0v) is 12.8. The van der Waals surface area contributed by atoms with Crippen molar-refractivity contribution in [3.63, 3.8) is 0 Å². The second-order valence-electron chi connectivity index (χ2n) is 4.65. The molecule has 4 heteroatoms. The lowest BCUT2D eigenvalue weighted by Crippen LogP contribution is -2.29. The Hall–Kier alpha value is -1.13. The van der Waals surface area contributed by atoms with Crippen molar-refractivity contribution in [2.75, 3.05) is 4.90 Å². The minimum Gasteiger partial charge on any atom is -0.307 e. The molecule has 19 heavy (non-hydrogen) atoms. The van der Waals surface area contributed by atoms with Crippen molar-refractivity contribution in [2.24, 2.45) is 0 Å². The van der Waals surface area contributed by atoms with Crippen LogP contribution in [0.5, 0.6) is 0 Å². The highest BCUT2D eigenvalue weighted by molar-refractivity contribution is 9.10. The Morgan fingerprint density at radius 1 is 1.21 bits per heavy atom. The molecule has 1 amide bonds. The molecule has 3 rings (SSSR count). The SMILES string of the molecule is O=C1CCCc2ccccc2N1Cc1sccc1Br. The maximum Gasteiger partial charge on any atom is 0.227 e. The predicted molar refractivity (Wildman–Crippen MR) is 82.6 cm³/mol. The maximum absolute atomic E-state index is 12.3. The highest BCUT2D eigenvalue weighted by Crippen LogP contribution is 2.31. The van der Waals surface area contributed by atoms with Gasteiger partial charge in [0.25, 0.3) is 0 Å². The Morgan fingerprint density at radius 2 is 2.05 bits per heavy atom. The summed E-state index contributed by atoms with van der Waals surface area (Å²) in [6.07, 6.45) is 2.57. The van der Waals surface area contributed by atoms with Crippen LogP contribution in [-0.4, -0.2) is 5.91 Å². The molecule has 0 unspecified atom stereocenters. The molecule has 0 saturated heterocycles. The van der Waals surface area contributed by atoms with E-state index in [0.717, 1.165) is 23.0 Å². The molecular formula is C15H14BrNOS. The fourth-order valence-electron chi connectivity index (χ4n) is 2.44. The number of carbonyl (C=O) groups is 1. The van der Waals surface area contributed by atoms with E-state index < -0.39 is 0 Å². The number of rotatable bonds is 2. The molecule has 0 aliphatic carbocycles. The number of amides is 1. The smallest absolute Gasteiger partial charge is 0.227 e. The van der Waals surface area contributed by atoms with Gasteiger partial charge in [-0.25, -0.2) is 0 Å². The molecular weight excluding hydrogens is 322 g/mol. The average Bonchev–Trinajstić information content (AvgIpc) is 2.74. The summed E-state index contributed by atoms with van der Waals surface area (Å²) in [6, 6.07) is 10.3. The first-order valence-corrected chi connectivity index (χ1v) is 8.03. The largest absolute Gasteiger partial charge is 0.307 e. The molecule has 1 aromatic heterocycles. The Morgan fingerprint density at radius 3 is 2.84 bits per heavy atom. The first-order chi connectivity index (χ1) is 9.25. The molecule has 2 aromatic rings. The van der Waals surface area contributed by atoms with Crippen LogP contribution in [0.1, 0.15) is 23.3 Å². The Labute approximate surface area is 125 Å². The zero-order chi connectivity index (χ0) is 13.2. The highest BCUT2D eigenvalue weighted by Gasteiger charge is 2.22. The first kappa shape index (κ1) is 12.9. The zero-order valence-electron chi connectivity index (χ0n) is 10.4. The Bertz CT molecular complexity index is 608. The molecule has 98 valence electrons. The van der Waals surface area contributed by atoms with Crippen molar-refractivity contribution in [3.8, 4) is 0 Å². The number of para-hydroxylation sites is 1. The summed E-state index contributed by atoms with van der Waals surface area (Å²) in [7, 11) is 0. The van der Waals surface area contributed by atoms with Crippen molar-refractivity contribution in [3.05, 3.63) is 50.6 Å². The molecule has 1 aliphatic rings. The van der Waals surface area contributed by atoms with E-state index in [2.05, 4.69) is 28.1 Å². The third kappa shape index (κ3) is 2.60. The van der Waals surface area contributed by atoms with E-state index in [1.165, 1.54) is 10.4 Å². The van der Waals surface area contributed by atoms with Gasteiger partial charge in [-0.3, -0.25) is 4.79 Å². The molecule has 2 nitrogen and oxygen atoms in total. The van der Waals surface area contributed by atoms with E-state index in [-0.39, 0.29) is 5.91 Å². The van der Waals surface area contributed by atoms with Crippen LogP contribution in [0, 0.1) is 0 Å². The van der Waals surface area contributed by atoms with Crippen molar-refractivity contribution < 1.29 is 4.79 Å². The molecule has 0 atom stereocenters. The number of nitrogens with zero attached hydrogens (tertiary/aromatic N) is 1. The monoisotopic (exact) mass is 335 g/mol. The number of hydrogen-bond acceptors (Lipinski definition) is 2. The van der Waals surface area contributed by atoms with Gasteiger partial charge in [0.15, 0.2) is 0 Å². The van der Waals surface area contributed by atoms with Gasteiger partial charge in [-0.05, 0) is 51.8 Å². The summed E-state index contributed by atoms with van der Waals surface area (Å²) in [4.78, 5) is 15.5. The molecule has 0 spiro atoms. The van der Waals surface area contributed by atoms with Gasteiger partial charge in [0.2, 0.25) is 5.91 Å². The third-order valence-electron chi connectivity index (χ3n) is 3.41. The summed E-state index contributed by atoms with van der Waals surface area (Å²) in [5.41, 5.74) is 2.35. The molecule has 2 heterocycles. The van der Waals surface area contributed by atoms with Crippen LogP contribution < -0.4 is 4.90 Å². The van der Waals surface area contributed by atoms with Crippen molar-refractivity contribution in [1.29, 1.82) is 0 Å². The Balaban J connectivity index is 1.98. The first-order valence-electron chi connectivity index (χ1n) is 6.36. The second-order valence-corrected chi connectivity index (χ2v) is 6.51. The van der Waals surface area contributed by atoms with E-state index in [4.69, 9.17) is 0 Å². The van der Waals surface area contributed by atoms with E-state index in [0.29, 0.717) is 13.0 Å². The van der Waals surface area contributed by atoms with E-state index in [1.54, 1.807) is 11.3 Å². The maximum atomic E-state index is 12.3. The quantitative estimate of drug-likeness (QED) is 0.797. The molecule has 0 fully saturated rings. The van der Waals surface area contributed by atoms with E-state index in [9.17, 15) is 4.79 Å². The van der Waals surface area contributed by atoms with Gasteiger partial charge in [0, 0.05) is 21.5 Å². The van der Waals surface area contributed by atoms with E-state index >= 15 is 0 Å². The lowest BCUT2D eigenvalue weighted by atomic mass is 10.1. The number of fused-ring (bicyclic) bond motifs is 1. The normalized spacial score (nSPS) is 15.2. The molecule has 1 aromatic carbocycles. The van der Waals surface area contributed by atoms with Gasteiger partial charge < -0.3 is 4.90 Å². The number of carbonyl (C=O) groups excluding carboxylic acids is 1. The van der Waals surface area contributed by atoms with Crippen molar-refractivity contribution >= 4 is 38.9 Å². The van der Waals surface area contributed by atoms with Crippen molar-refractivity contribution in [2.45, 2.75) is 25.8 Å². The standard InChI is InChI=1S/C15H14BrNOS/c16-12-8-9-19-14(12)10-17-13-6-2-1-4-11(13)5-3-7-15(17)18/h1-2,4,6,8-9H,3,5,7,10H2.